The number of nitrogens with two attached hydrogens (primary N) is 1. The molecule has 17 heavy (non-hydrogen) atoms. The van der Waals surface area contributed by atoms with Gasteiger partial charge in [-0.15, -0.1) is 0 Å². The van der Waals surface area contributed by atoms with Crippen LogP contribution in [0, 0.1) is 0 Å². The van der Waals surface area contributed by atoms with E-state index in [-0.39, 0.29) is 5.97 Å². The minimum absolute atomic E-state index is 0.354. The van der Waals surface area contributed by atoms with Gasteiger partial charge in [0.05, 0.1) is 7.11 Å². The van der Waals surface area contributed by atoms with Crippen LogP contribution >= 0.6 is 0 Å². The Kier molecular flexibility index (Phi) is 3.64. The van der Waals surface area contributed by atoms with Crippen molar-refractivity contribution >= 4 is 11.7 Å². The fourth-order valence-corrected chi connectivity index (χ4v) is 2.26. The molecule has 0 saturated carbocycles. The van der Waals surface area contributed by atoms with Crippen LogP contribution in [0.15, 0.2) is 24.3 Å². The van der Waals surface area contributed by atoms with E-state index in [0.717, 1.165) is 19.4 Å². The Labute approximate surface area is 101 Å². The highest BCUT2D eigenvalue weighted by molar-refractivity contribution is 5.76. The van der Waals surface area contributed by atoms with Crippen molar-refractivity contribution < 1.29 is 9.53 Å². The Morgan fingerprint density at radius 3 is 3.06 bits per heavy atom. The number of para-hydroxylation sites is 1. The second-order valence-corrected chi connectivity index (χ2v) is 4.31. The molecule has 1 aliphatic heterocycles. The number of carbonyl (C=O) groups excluding carboxylic acids is 1. The number of carbonyl (C=O) groups is 1. The zero-order valence-electron chi connectivity index (χ0n) is 10.1. The molecule has 1 aromatic rings. The van der Waals surface area contributed by atoms with Crippen molar-refractivity contribution in [2.24, 2.45) is 5.73 Å². The predicted octanol–water partition coefficient (Wildman–Crippen LogP) is 0.940. The minimum Gasteiger partial charge on any atom is -0.468 e. The summed E-state index contributed by atoms with van der Waals surface area (Å²) in [5.41, 5.74) is 8.32. The van der Waals surface area contributed by atoms with Gasteiger partial charge in [-0.3, -0.25) is 4.79 Å². The summed E-state index contributed by atoms with van der Waals surface area (Å²) in [5, 5.41) is 0. The van der Waals surface area contributed by atoms with Crippen molar-refractivity contribution in [1.29, 1.82) is 0 Å². The zero-order valence-corrected chi connectivity index (χ0v) is 10.1. The molecule has 1 atom stereocenters. The standard InChI is InChI=1S/C13H18N2O2/c1-17-13(16)11(14)9-15-8-4-6-10-5-2-3-7-12(10)15/h2-3,5,7,11H,4,6,8-9,14H2,1H3. The van der Waals surface area contributed by atoms with Crippen molar-refractivity contribution in [3.05, 3.63) is 29.8 Å². The monoisotopic (exact) mass is 234 g/mol. The molecule has 1 aromatic carbocycles. The van der Waals surface area contributed by atoms with Gasteiger partial charge in [0.25, 0.3) is 0 Å². The second-order valence-electron chi connectivity index (χ2n) is 4.31. The van der Waals surface area contributed by atoms with Crippen LogP contribution in [0.2, 0.25) is 0 Å². The molecule has 0 aliphatic carbocycles. The highest BCUT2D eigenvalue weighted by atomic mass is 16.5. The van der Waals surface area contributed by atoms with Gasteiger partial charge in [-0.05, 0) is 24.5 Å². The van der Waals surface area contributed by atoms with Crippen LogP contribution < -0.4 is 10.6 Å². The van der Waals surface area contributed by atoms with Gasteiger partial charge in [0, 0.05) is 18.8 Å². The molecule has 0 bridgehead atoms. The number of methoxy groups -OCH3 is 1. The second kappa shape index (κ2) is 5.19. The van der Waals surface area contributed by atoms with E-state index in [4.69, 9.17) is 5.73 Å². The summed E-state index contributed by atoms with van der Waals surface area (Å²) in [6, 6.07) is 7.69. The zero-order chi connectivity index (χ0) is 12.3. The third-order valence-corrected chi connectivity index (χ3v) is 3.13. The van der Waals surface area contributed by atoms with Gasteiger partial charge in [0.15, 0.2) is 0 Å². The van der Waals surface area contributed by atoms with Crippen LogP contribution in [-0.4, -0.2) is 32.2 Å². The molecule has 0 fully saturated rings. The Morgan fingerprint density at radius 1 is 1.53 bits per heavy atom. The maximum Gasteiger partial charge on any atom is 0.324 e. The molecule has 1 aliphatic rings. The van der Waals surface area contributed by atoms with Crippen molar-refractivity contribution in [2.45, 2.75) is 18.9 Å². The lowest BCUT2D eigenvalue weighted by atomic mass is 10.0. The van der Waals surface area contributed by atoms with Gasteiger partial charge in [0.2, 0.25) is 0 Å². The van der Waals surface area contributed by atoms with Gasteiger partial charge in [-0.25, -0.2) is 0 Å². The van der Waals surface area contributed by atoms with Crippen LogP contribution in [0.5, 0.6) is 0 Å². The summed E-state index contributed by atoms with van der Waals surface area (Å²) in [6.45, 7) is 1.46. The number of hydrogen-bond acceptors (Lipinski definition) is 4. The van der Waals surface area contributed by atoms with E-state index in [1.807, 2.05) is 12.1 Å². The lowest BCUT2D eigenvalue weighted by Crippen LogP contribution is -2.45. The van der Waals surface area contributed by atoms with Crippen molar-refractivity contribution in [1.82, 2.24) is 0 Å². The quantitative estimate of drug-likeness (QED) is 0.791. The summed E-state index contributed by atoms with van der Waals surface area (Å²) in [6.07, 6.45) is 2.20. The van der Waals surface area contributed by atoms with Gasteiger partial charge < -0.3 is 15.4 Å². The molecular weight excluding hydrogens is 216 g/mol. The van der Waals surface area contributed by atoms with E-state index in [2.05, 4.69) is 21.8 Å². The Hall–Kier alpha value is -1.55. The lowest BCUT2D eigenvalue weighted by Gasteiger charge is -2.32. The largest absolute Gasteiger partial charge is 0.468 e. The highest BCUT2D eigenvalue weighted by Crippen LogP contribution is 2.26. The number of aryl methyl sites for hydroxylation is 1. The summed E-state index contributed by atoms with van der Waals surface area (Å²) >= 11 is 0. The normalized spacial score (nSPS) is 16.2. The number of hydrogen-bond donors (Lipinski definition) is 1. The summed E-state index contributed by atoms with van der Waals surface area (Å²) in [4.78, 5) is 13.5. The SMILES string of the molecule is COC(=O)C(N)CN1CCCc2ccccc21. The first-order chi connectivity index (χ1) is 8.22. The van der Waals surface area contributed by atoms with Crippen molar-refractivity contribution in [3.8, 4) is 0 Å². The van der Waals surface area contributed by atoms with Gasteiger partial charge >= 0.3 is 5.97 Å². The summed E-state index contributed by atoms with van der Waals surface area (Å²) in [7, 11) is 1.37. The van der Waals surface area contributed by atoms with E-state index >= 15 is 0 Å². The first kappa shape index (κ1) is 11.9. The summed E-state index contributed by atoms with van der Waals surface area (Å²) in [5.74, 6) is -0.354. The maximum atomic E-state index is 11.3. The van der Waals surface area contributed by atoms with E-state index in [1.54, 1.807) is 0 Å². The first-order valence-corrected chi connectivity index (χ1v) is 5.88. The first-order valence-electron chi connectivity index (χ1n) is 5.88. The maximum absolute atomic E-state index is 11.3. The molecule has 0 saturated heterocycles. The van der Waals surface area contributed by atoms with Crippen LogP contribution in [0.3, 0.4) is 0 Å². The highest BCUT2D eigenvalue weighted by Gasteiger charge is 2.22. The number of rotatable bonds is 3. The van der Waals surface area contributed by atoms with Crippen LogP contribution in [0.25, 0.3) is 0 Å². The van der Waals surface area contributed by atoms with Crippen molar-refractivity contribution in [3.63, 3.8) is 0 Å². The smallest absolute Gasteiger partial charge is 0.324 e. The molecule has 4 nitrogen and oxygen atoms in total. The number of esters is 1. The van der Waals surface area contributed by atoms with E-state index in [0.29, 0.717) is 6.54 Å². The Morgan fingerprint density at radius 2 is 2.29 bits per heavy atom. The number of fused-ring (bicyclic) bond motifs is 1. The molecule has 2 rings (SSSR count). The van der Waals surface area contributed by atoms with Gasteiger partial charge in [-0.1, -0.05) is 18.2 Å². The molecule has 92 valence electrons. The predicted molar refractivity (Wildman–Crippen MR) is 67.0 cm³/mol. The van der Waals surface area contributed by atoms with Crippen LogP contribution in [0.4, 0.5) is 5.69 Å². The molecule has 0 spiro atoms. The molecule has 0 aromatic heterocycles. The Balaban J connectivity index is 2.11. The van der Waals surface area contributed by atoms with E-state index in [1.165, 1.54) is 18.4 Å². The number of ether oxygens (including phenoxy) is 1. The number of nitrogens with zero attached hydrogens (tertiary/aromatic N) is 1. The van der Waals surface area contributed by atoms with E-state index < -0.39 is 6.04 Å². The fourth-order valence-electron chi connectivity index (χ4n) is 2.26. The molecule has 0 amide bonds. The topological polar surface area (TPSA) is 55.6 Å². The van der Waals surface area contributed by atoms with Crippen molar-refractivity contribution in [2.75, 3.05) is 25.1 Å². The third-order valence-electron chi connectivity index (χ3n) is 3.13. The van der Waals surface area contributed by atoms with E-state index in [9.17, 15) is 4.79 Å². The average Bonchev–Trinajstić information content (AvgIpc) is 2.38. The molecular formula is C13H18N2O2. The third kappa shape index (κ3) is 2.58. The summed E-state index contributed by atoms with van der Waals surface area (Å²) < 4.78 is 4.65. The fraction of sp³-hybridized carbons (Fsp3) is 0.462. The molecule has 1 unspecified atom stereocenters. The number of benzene rings is 1. The van der Waals surface area contributed by atoms with Gasteiger partial charge in [-0.2, -0.15) is 0 Å². The lowest BCUT2D eigenvalue weighted by molar-refractivity contribution is -0.141. The van der Waals surface area contributed by atoms with Crippen LogP contribution in [-0.2, 0) is 16.0 Å². The minimum atomic E-state index is -0.578. The molecule has 1 heterocycles. The molecule has 2 N–H and O–H groups in total. The Bertz CT molecular complexity index is 406. The van der Waals surface area contributed by atoms with Crippen LogP contribution in [0.1, 0.15) is 12.0 Å². The molecule has 4 heteroatoms. The molecule has 0 radical (unpaired) electrons. The average molecular weight is 234 g/mol. The number of anilines is 1. The van der Waals surface area contributed by atoms with Gasteiger partial charge in [0.1, 0.15) is 6.04 Å².